The van der Waals surface area contributed by atoms with E-state index in [9.17, 15) is 0 Å². The molecular formula is C39H51Br2N3. The molecule has 0 spiro atoms. The Bertz CT molecular complexity index is 1520. The number of fused-ring (bicyclic) bond motifs is 2. The fourth-order valence-corrected chi connectivity index (χ4v) is 5.44. The van der Waals surface area contributed by atoms with E-state index in [-0.39, 0.29) is 34.0 Å². The van der Waals surface area contributed by atoms with Gasteiger partial charge in [0.05, 0.1) is 39.5 Å². The molecule has 0 fully saturated rings. The van der Waals surface area contributed by atoms with Gasteiger partial charge >= 0.3 is 0 Å². The first kappa shape index (κ1) is 37.5. The van der Waals surface area contributed by atoms with Crippen LogP contribution < -0.4 is 43.4 Å². The van der Waals surface area contributed by atoms with Gasteiger partial charge in [-0.25, -0.2) is 0 Å². The van der Waals surface area contributed by atoms with E-state index in [0.29, 0.717) is 0 Å². The number of halogens is 2. The fraction of sp³-hybridized carbons (Fsp3) is 0.359. The molecule has 5 heteroatoms. The molecule has 1 aromatic heterocycles. The van der Waals surface area contributed by atoms with Gasteiger partial charge in [-0.15, -0.1) is 0 Å². The maximum absolute atomic E-state index is 2.56. The van der Waals surface area contributed by atoms with Gasteiger partial charge in [-0.1, -0.05) is 93.5 Å². The molecule has 0 radical (unpaired) electrons. The van der Waals surface area contributed by atoms with Gasteiger partial charge in [0.1, 0.15) is 0 Å². The highest BCUT2D eigenvalue weighted by atomic mass is 79.9. The summed E-state index contributed by atoms with van der Waals surface area (Å²) in [7, 11) is 6.77. The SMILES string of the molecule is CCCCN(CCCC)c1ccc2cc(/C=C/C=C/C=C/c3cc[n+](CCC[N+](C)(C)C)c4ccccc34)ccc2c1.[Br-].[Br-]. The fourth-order valence-electron chi connectivity index (χ4n) is 5.44. The summed E-state index contributed by atoms with van der Waals surface area (Å²) in [6, 6.07) is 24.7. The number of aryl methyl sites for hydroxylation is 1. The minimum atomic E-state index is 0. The number of benzene rings is 3. The van der Waals surface area contributed by atoms with Gasteiger partial charge in [0.2, 0.25) is 5.52 Å². The number of nitrogens with zero attached hydrogens (tertiary/aromatic N) is 3. The van der Waals surface area contributed by atoms with Gasteiger partial charge < -0.3 is 43.3 Å². The molecule has 4 aromatic rings. The number of hydrogen-bond acceptors (Lipinski definition) is 1. The Labute approximate surface area is 287 Å². The molecule has 0 amide bonds. The lowest BCUT2D eigenvalue weighted by atomic mass is 10.1. The summed E-state index contributed by atoms with van der Waals surface area (Å²) in [6.45, 7) is 9.03. The molecule has 0 unspecified atom stereocenters. The zero-order valence-corrected chi connectivity index (χ0v) is 30.5. The van der Waals surface area contributed by atoms with E-state index in [1.54, 1.807) is 0 Å². The van der Waals surface area contributed by atoms with E-state index in [4.69, 9.17) is 0 Å². The molecule has 0 saturated carbocycles. The molecule has 0 atom stereocenters. The highest BCUT2D eigenvalue weighted by Crippen LogP contribution is 2.25. The third-order valence-electron chi connectivity index (χ3n) is 7.86. The van der Waals surface area contributed by atoms with Crippen LogP contribution in [0.4, 0.5) is 5.69 Å². The van der Waals surface area contributed by atoms with Crippen LogP contribution in [0.3, 0.4) is 0 Å². The minimum absolute atomic E-state index is 0. The average Bonchev–Trinajstić information content (AvgIpc) is 2.99. The monoisotopic (exact) mass is 719 g/mol. The summed E-state index contributed by atoms with van der Waals surface area (Å²) in [5.74, 6) is 0. The van der Waals surface area contributed by atoms with Crippen LogP contribution in [0.1, 0.15) is 57.1 Å². The molecule has 1 heterocycles. The third-order valence-corrected chi connectivity index (χ3v) is 7.86. The van der Waals surface area contributed by atoms with Crippen LogP contribution in [-0.2, 0) is 6.54 Å². The van der Waals surface area contributed by atoms with Crippen molar-refractivity contribution in [1.82, 2.24) is 0 Å². The quantitative estimate of drug-likeness (QED) is 0.104. The van der Waals surface area contributed by atoms with E-state index in [1.165, 1.54) is 70.7 Å². The summed E-state index contributed by atoms with van der Waals surface area (Å²) in [5.41, 5.74) is 5.12. The van der Waals surface area contributed by atoms with Crippen molar-refractivity contribution in [2.45, 2.75) is 52.5 Å². The number of hydrogen-bond donors (Lipinski definition) is 0. The van der Waals surface area contributed by atoms with Crippen molar-refractivity contribution in [3.63, 3.8) is 0 Å². The lowest BCUT2D eigenvalue weighted by Crippen LogP contribution is -3.00. The van der Waals surface area contributed by atoms with Crippen LogP contribution in [0, 0.1) is 0 Å². The van der Waals surface area contributed by atoms with Crippen molar-refractivity contribution in [3.8, 4) is 0 Å². The Morgan fingerprint density at radius 2 is 1.36 bits per heavy atom. The average molecular weight is 722 g/mol. The predicted octanol–water partition coefficient (Wildman–Crippen LogP) is 3.07. The van der Waals surface area contributed by atoms with Crippen LogP contribution in [-0.4, -0.2) is 45.3 Å². The van der Waals surface area contributed by atoms with Crippen LogP contribution in [0.5, 0.6) is 0 Å². The van der Waals surface area contributed by atoms with Gasteiger partial charge in [0, 0.05) is 30.9 Å². The lowest BCUT2D eigenvalue weighted by molar-refractivity contribution is -0.873. The second kappa shape index (κ2) is 18.9. The number of pyridine rings is 1. The van der Waals surface area contributed by atoms with E-state index < -0.39 is 0 Å². The first-order valence-electron chi connectivity index (χ1n) is 15.9. The van der Waals surface area contributed by atoms with Crippen molar-refractivity contribution in [3.05, 3.63) is 108 Å². The van der Waals surface area contributed by atoms with Gasteiger partial charge in [-0.2, -0.15) is 4.57 Å². The first-order chi connectivity index (χ1) is 20.4. The zero-order chi connectivity index (χ0) is 29.8. The largest absolute Gasteiger partial charge is 1.00 e. The highest BCUT2D eigenvalue weighted by Gasteiger charge is 2.13. The van der Waals surface area contributed by atoms with E-state index in [2.05, 4.69) is 154 Å². The summed E-state index contributed by atoms with van der Waals surface area (Å²) >= 11 is 0. The summed E-state index contributed by atoms with van der Waals surface area (Å²) in [5, 5.41) is 3.90. The third kappa shape index (κ3) is 11.3. The van der Waals surface area contributed by atoms with Crippen molar-refractivity contribution < 1.29 is 43.0 Å². The van der Waals surface area contributed by atoms with Crippen molar-refractivity contribution in [1.29, 1.82) is 0 Å². The normalized spacial score (nSPS) is 11.9. The molecule has 44 heavy (non-hydrogen) atoms. The molecule has 0 aliphatic heterocycles. The molecule has 0 N–H and O–H groups in total. The lowest BCUT2D eigenvalue weighted by Gasteiger charge is -2.25. The van der Waals surface area contributed by atoms with Gasteiger partial charge in [-0.3, -0.25) is 0 Å². The number of anilines is 1. The number of aromatic nitrogens is 1. The van der Waals surface area contributed by atoms with Crippen LogP contribution >= 0.6 is 0 Å². The Morgan fingerprint density at radius 1 is 0.705 bits per heavy atom. The molecule has 236 valence electrons. The maximum atomic E-state index is 2.56. The molecule has 0 aliphatic rings. The summed E-state index contributed by atoms with van der Waals surface area (Å²) < 4.78 is 3.39. The van der Waals surface area contributed by atoms with E-state index in [1.807, 2.05) is 0 Å². The number of para-hydroxylation sites is 1. The van der Waals surface area contributed by atoms with Crippen molar-refractivity contribution >= 4 is 39.5 Å². The van der Waals surface area contributed by atoms with E-state index in [0.717, 1.165) is 30.5 Å². The standard InChI is InChI=1S/C39H51N3.2BrH/c1-6-8-26-40(27-9-7-2)37-24-23-35-31-33(21-22-36(35)32-37)17-12-10-11-13-18-34-25-29-41(28-16-30-42(3,4)5)39-20-15-14-19-38(34)39;;/h10-15,17-25,29,31-32H,6-9,16,26-28,30H2,1-5H3;2*1H/q+2;;/p-2. The number of rotatable bonds is 15. The molecule has 3 nitrogen and oxygen atoms in total. The molecular weight excluding hydrogens is 670 g/mol. The molecule has 3 aromatic carbocycles. The van der Waals surface area contributed by atoms with Crippen molar-refractivity contribution in [2.24, 2.45) is 0 Å². The number of unbranched alkanes of at least 4 members (excludes halogenated alkanes) is 2. The number of quaternary nitrogens is 1. The smallest absolute Gasteiger partial charge is 0.213 e. The van der Waals surface area contributed by atoms with Crippen LogP contribution in [0.15, 0.2) is 97.2 Å². The topological polar surface area (TPSA) is 7.12 Å². The highest BCUT2D eigenvalue weighted by molar-refractivity contribution is 5.88. The number of allylic oxidation sites excluding steroid dienone is 4. The van der Waals surface area contributed by atoms with E-state index >= 15 is 0 Å². The summed E-state index contributed by atoms with van der Waals surface area (Å²) in [4.78, 5) is 2.56. The second-order valence-electron chi connectivity index (χ2n) is 12.4. The molecule has 0 saturated heterocycles. The zero-order valence-electron chi connectivity index (χ0n) is 27.4. The minimum Gasteiger partial charge on any atom is -1.00 e. The van der Waals surface area contributed by atoms with Gasteiger partial charge in [0.15, 0.2) is 12.7 Å². The van der Waals surface area contributed by atoms with Gasteiger partial charge in [0.25, 0.3) is 0 Å². The maximum Gasteiger partial charge on any atom is 0.213 e. The Kier molecular flexibility index (Phi) is 16.1. The molecule has 0 bridgehead atoms. The molecule has 4 rings (SSSR count). The Morgan fingerprint density at radius 3 is 2.07 bits per heavy atom. The van der Waals surface area contributed by atoms with Crippen molar-refractivity contribution in [2.75, 3.05) is 45.7 Å². The predicted molar refractivity (Wildman–Crippen MR) is 185 cm³/mol. The van der Waals surface area contributed by atoms with Crippen LogP contribution in [0.25, 0.3) is 33.8 Å². The first-order valence-corrected chi connectivity index (χ1v) is 15.9. The summed E-state index contributed by atoms with van der Waals surface area (Å²) in [6.07, 6.45) is 21.2. The van der Waals surface area contributed by atoms with Crippen LogP contribution in [0.2, 0.25) is 0 Å². The second-order valence-corrected chi connectivity index (χ2v) is 12.4. The molecule has 0 aliphatic carbocycles. The Hall–Kier alpha value is -2.73. The van der Waals surface area contributed by atoms with Gasteiger partial charge in [-0.05, 0) is 59.0 Å². The Balaban J connectivity index is 0.00000337.